The van der Waals surface area contributed by atoms with Gasteiger partial charge in [-0.1, -0.05) is 0 Å². The molecule has 0 aliphatic heterocycles. The van der Waals surface area contributed by atoms with Gasteiger partial charge in [0.2, 0.25) is 0 Å². The van der Waals surface area contributed by atoms with Crippen molar-refractivity contribution < 1.29 is 4.39 Å². The van der Waals surface area contributed by atoms with Crippen LogP contribution in [0.5, 0.6) is 0 Å². The second-order valence-corrected chi connectivity index (χ2v) is 5.77. The average Bonchev–Trinajstić information content (AvgIpc) is 2.36. The Morgan fingerprint density at radius 1 is 1.50 bits per heavy atom. The molecule has 0 amide bonds. The molecule has 0 aliphatic carbocycles. The molecular formula is C12H10BrFIN3. The number of fused-ring (bicyclic) bond motifs is 1. The maximum Gasteiger partial charge on any atom is 0.155 e. The van der Waals surface area contributed by atoms with Crippen molar-refractivity contribution in [2.75, 3.05) is 14.1 Å². The lowest BCUT2D eigenvalue weighted by Crippen LogP contribution is -2.07. The Kier molecular flexibility index (Phi) is 4.16. The lowest BCUT2D eigenvalue weighted by atomic mass is 10.2. The summed E-state index contributed by atoms with van der Waals surface area (Å²) >= 11 is 5.20. The fraction of sp³-hybridized carbons (Fsp3) is 0.167. The summed E-state index contributed by atoms with van der Waals surface area (Å²) in [6.07, 6.45) is 3.29. The first-order valence-corrected chi connectivity index (χ1v) is 7.01. The largest absolute Gasteiger partial charge is 0.369 e. The van der Waals surface area contributed by atoms with Crippen LogP contribution in [-0.2, 0) is 0 Å². The zero-order valence-corrected chi connectivity index (χ0v) is 13.5. The van der Waals surface area contributed by atoms with Crippen molar-refractivity contribution in [3.63, 3.8) is 0 Å². The van der Waals surface area contributed by atoms with Gasteiger partial charge in [-0.25, -0.2) is 9.38 Å². The van der Waals surface area contributed by atoms with E-state index in [4.69, 9.17) is 0 Å². The predicted octanol–water partition coefficient (Wildman–Crippen LogP) is 3.96. The lowest BCUT2D eigenvalue weighted by molar-refractivity contribution is 0.615. The highest BCUT2D eigenvalue weighted by atomic mass is 127. The summed E-state index contributed by atoms with van der Waals surface area (Å²) in [5.41, 5.74) is 1.19. The zero-order chi connectivity index (χ0) is 13.3. The fourth-order valence-corrected chi connectivity index (χ4v) is 3.08. The number of hydrogen-bond donors (Lipinski definition) is 0. The van der Waals surface area contributed by atoms with Gasteiger partial charge in [0.25, 0.3) is 0 Å². The average molecular weight is 422 g/mol. The maximum absolute atomic E-state index is 14.1. The highest BCUT2D eigenvalue weighted by molar-refractivity contribution is 14.1. The van der Waals surface area contributed by atoms with E-state index in [-0.39, 0.29) is 5.82 Å². The molecule has 0 spiro atoms. The van der Waals surface area contributed by atoms with Gasteiger partial charge in [0, 0.05) is 25.7 Å². The van der Waals surface area contributed by atoms with Crippen LogP contribution in [0.15, 0.2) is 27.8 Å². The van der Waals surface area contributed by atoms with Gasteiger partial charge in [-0.15, -0.1) is 0 Å². The summed E-state index contributed by atoms with van der Waals surface area (Å²) in [6, 6.07) is 3.70. The molecule has 0 saturated carbocycles. The number of benzene rings is 1. The second-order valence-electron chi connectivity index (χ2n) is 3.90. The zero-order valence-electron chi connectivity index (χ0n) is 9.78. The Balaban J connectivity index is 2.79. The molecule has 6 heteroatoms. The topological polar surface area (TPSA) is 28.5 Å². The fourth-order valence-electron chi connectivity index (χ4n) is 1.49. The molecule has 0 aliphatic rings. The first-order valence-electron chi connectivity index (χ1n) is 5.14. The number of rotatable bonds is 2. The summed E-state index contributed by atoms with van der Waals surface area (Å²) in [7, 11) is 3.73. The van der Waals surface area contributed by atoms with E-state index < -0.39 is 0 Å². The van der Waals surface area contributed by atoms with Crippen LogP contribution >= 0.6 is 38.5 Å². The first kappa shape index (κ1) is 13.7. The van der Waals surface area contributed by atoms with Gasteiger partial charge in [0.1, 0.15) is 0 Å². The number of nitrogens with zero attached hydrogens (tertiary/aromatic N) is 3. The molecule has 0 atom stereocenters. The molecule has 94 valence electrons. The van der Waals surface area contributed by atoms with E-state index >= 15 is 0 Å². The van der Waals surface area contributed by atoms with E-state index in [2.05, 4.69) is 25.9 Å². The van der Waals surface area contributed by atoms with E-state index in [1.165, 1.54) is 0 Å². The minimum Gasteiger partial charge on any atom is -0.369 e. The molecule has 0 saturated heterocycles. The Hall–Kier alpha value is -0.760. The number of aliphatic imine (C=N–C) groups is 1. The third-order valence-electron chi connectivity index (χ3n) is 2.28. The van der Waals surface area contributed by atoms with Crippen LogP contribution in [0.3, 0.4) is 0 Å². The van der Waals surface area contributed by atoms with E-state index in [0.717, 1.165) is 5.39 Å². The minimum absolute atomic E-state index is 0.326. The number of hydrogen-bond acceptors (Lipinski definition) is 2. The number of halogens is 3. The molecule has 0 radical (unpaired) electrons. The van der Waals surface area contributed by atoms with E-state index in [9.17, 15) is 4.39 Å². The van der Waals surface area contributed by atoms with E-state index in [1.54, 1.807) is 17.4 Å². The molecule has 0 unspecified atom stereocenters. The van der Waals surface area contributed by atoms with Gasteiger partial charge in [-0.05, 0) is 50.7 Å². The quantitative estimate of drug-likeness (QED) is 0.318. The second kappa shape index (κ2) is 5.48. The first-order chi connectivity index (χ1) is 8.52. The third-order valence-corrected chi connectivity index (χ3v) is 3.99. The van der Waals surface area contributed by atoms with E-state index in [0.29, 0.717) is 19.2 Å². The van der Waals surface area contributed by atoms with Crippen molar-refractivity contribution in [3.05, 3.63) is 32.2 Å². The Bertz CT molecular complexity index is 628. The third kappa shape index (κ3) is 2.49. The van der Waals surface area contributed by atoms with Crippen LogP contribution in [0.1, 0.15) is 0 Å². The smallest absolute Gasteiger partial charge is 0.155 e. The molecule has 1 heterocycles. The number of pyridine rings is 1. The minimum atomic E-state index is -0.326. The van der Waals surface area contributed by atoms with Gasteiger partial charge >= 0.3 is 0 Å². The molecule has 0 N–H and O–H groups in total. The normalized spacial score (nSPS) is 11.4. The number of aromatic nitrogens is 1. The van der Waals surface area contributed by atoms with Crippen molar-refractivity contribution in [2.45, 2.75) is 0 Å². The monoisotopic (exact) mass is 421 g/mol. The van der Waals surface area contributed by atoms with Gasteiger partial charge in [0.15, 0.2) is 5.82 Å². The Morgan fingerprint density at radius 3 is 2.89 bits per heavy atom. The molecular weight excluding hydrogens is 412 g/mol. The standard InChI is InChI=1S/C12H10BrFIN3/c1-18(2)6-17-12-7-4-3-5-16-11(7)8(13)9(14)10(12)15/h3-6H,1-2H3. The molecule has 2 rings (SSSR count). The van der Waals surface area contributed by atoms with Crippen LogP contribution in [-0.4, -0.2) is 30.3 Å². The summed E-state index contributed by atoms with van der Waals surface area (Å²) in [4.78, 5) is 10.3. The molecule has 0 fully saturated rings. The van der Waals surface area contributed by atoms with Gasteiger partial charge in [-0.3, -0.25) is 4.98 Å². The molecule has 3 nitrogen and oxygen atoms in total. The SMILES string of the molecule is CN(C)C=Nc1c(I)c(F)c(Br)c2ncccc12. The van der Waals surface area contributed by atoms with Crippen molar-refractivity contribution in [1.29, 1.82) is 0 Å². The Labute approximate surface area is 126 Å². The van der Waals surface area contributed by atoms with Crippen LogP contribution in [0, 0.1) is 9.39 Å². The highest BCUT2D eigenvalue weighted by Crippen LogP contribution is 2.37. The Morgan fingerprint density at radius 2 is 2.22 bits per heavy atom. The molecule has 0 bridgehead atoms. The lowest BCUT2D eigenvalue weighted by Gasteiger charge is -2.09. The van der Waals surface area contributed by atoms with Crippen LogP contribution in [0.25, 0.3) is 10.9 Å². The molecule has 2 aromatic rings. The highest BCUT2D eigenvalue weighted by Gasteiger charge is 2.16. The van der Waals surface area contributed by atoms with Gasteiger partial charge in [-0.2, -0.15) is 0 Å². The van der Waals surface area contributed by atoms with Crippen molar-refractivity contribution in [1.82, 2.24) is 9.88 Å². The van der Waals surface area contributed by atoms with Crippen molar-refractivity contribution in [3.8, 4) is 0 Å². The predicted molar refractivity (Wildman–Crippen MR) is 84.0 cm³/mol. The summed E-state index contributed by atoms with van der Waals surface area (Å²) < 4.78 is 14.9. The molecule has 18 heavy (non-hydrogen) atoms. The van der Waals surface area contributed by atoms with Crippen LogP contribution in [0.4, 0.5) is 10.1 Å². The van der Waals surface area contributed by atoms with Crippen LogP contribution in [0.2, 0.25) is 0 Å². The summed E-state index contributed by atoms with van der Waals surface area (Å²) in [5.74, 6) is -0.326. The van der Waals surface area contributed by atoms with Crippen molar-refractivity contribution >= 4 is 61.4 Å². The molecule has 1 aromatic carbocycles. The molecule has 1 aromatic heterocycles. The maximum atomic E-state index is 14.1. The van der Waals surface area contributed by atoms with Crippen molar-refractivity contribution in [2.24, 2.45) is 4.99 Å². The van der Waals surface area contributed by atoms with Gasteiger partial charge < -0.3 is 4.90 Å². The van der Waals surface area contributed by atoms with Gasteiger partial charge in [0.05, 0.1) is 25.6 Å². The van der Waals surface area contributed by atoms with Crippen LogP contribution < -0.4 is 0 Å². The summed E-state index contributed by atoms with van der Waals surface area (Å²) in [5, 5.41) is 0.827. The summed E-state index contributed by atoms with van der Waals surface area (Å²) in [6.45, 7) is 0. The van der Waals surface area contributed by atoms with E-state index in [1.807, 2.05) is 48.8 Å².